The van der Waals surface area contributed by atoms with E-state index in [0.29, 0.717) is 22.8 Å². The normalized spacial score (nSPS) is 14.6. The summed E-state index contributed by atoms with van der Waals surface area (Å²) >= 11 is 7.55. The number of nitrogens with one attached hydrogen (secondary N) is 1. The van der Waals surface area contributed by atoms with Crippen molar-refractivity contribution in [3.05, 3.63) is 101 Å². The molecule has 38 heavy (non-hydrogen) atoms. The zero-order valence-electron chi connectivity index (χ0n) is 21.5. The smallest absolute Gasteiger partial charge is 0.243 e. The summed E-state index contributed by atoms with van der Waals surface area (Å²) < 4.78 is 14.7. The van der Waals surface area contributed by atoms with Crippen LogP contribution in [-0.2, 0) is 22.6 Å². The van der Waals surface area contributed by atoms with Gasteiger partial charge in [-0.15, -0.1) is 11.8 Å². The Morgan fingerprint density at radius 2 is 1.63 bits per heavy atom. The maximum absolute atomic E-state index is 14.7. The van der Waals surface area contributed by atoms with Crippen molar-refractivity contribution in [2.45, 2.75) is 68.5 Å². The maximum Gasteiger partial charge on any atom is 0.243 e. The fraction of sp³-hybridized carbons (Fsp3) is 0.355. The molecule has 1 fully saturated rings. The second-order valence-corrected chi connectivity index (χ2v) is 11.3. The first-order chi connectivity index (χ1) is 18.5. The fourth-order valence-corrected chi connectivity index (χ4v) is 5.81. The largest absolute Gasteiger partial charge is 0.352 e. The first kappa shape index (κ1) is 28.2. The third-order valence-electron chi connectivity index (χ3n) is 6.92. The van der Waals surface area contributed by atoms with E-state index in [1.54, 1.807) is 34.9 Å². The number of carbonyl (C=O) groups excluding carboxylic acids is 2. The van der Waals surface area contributed by atoms with Gasteiger partial charge in [0.05, 0.1) is 0 Å². The summed E-state index contributed by atoms with van der Waals surface area (Å²) in [4.78, 5) is 30.1. The second kappa shape index (κ2) is 14.4. The van der Waals surface area contributed by atoms with E-state index in [1.165, 1.54) is 12.5 Å². The molecule has 0 aliphatic heterocycles. The van der Waals surface area contributed by atoms with Gasteiger partial charge in [0.1, 0.15) is 11.9 Å². The fourth-order valence-electron chi connectivity index (χ4n) is 4.84. The van der Waals surface area contributed by atoms with Gasteiger partial charge in [0, 0.05) is 46.7 Å². The summed E-state index contributed by atoms with van der Waals surface area (Å²) in [6, 6.07) is 23.0. The maximum atomic E-state index is 14.7. The summed E-state index contributed by atoms with van der Waals surface area (Å²) in [6.45, 7) is 0.0344. The highest BCUT2D eigenvalue weighted by molar-refractivity contribution is 7.99. The zero-order chi connectivity index (χ0) is 26.7. The van der Waals surface area contributed by atoms with E-state index in [4.69, 9.17) is 11.6 Å². The molecule has 200 valence electrons. The number of halogens is 2. The van der Waals surface area contributed by atoms with Crippen molar-refractivity contribution in [2.75, 3.05) is 5.75 Å². The number of carbonyl (C=O) groups is 2. The molecule has 4 rings (SSSR count). The molecule has 1 aliphatic rings. The molecule has 0 saturated heterocycles. The molecular formula is C31H34ClFN2O2S. The molecule has 0 aromatic heterocycles. The number of hydrogen-bond donors (Lipinski definition) is 1. The predicted octanol–water partition coefficient (Wildman–Crippen LogP) is 7.05. The van der Waals surface area contributed by atoms with E-state index in [1.807, 2.05) is 54.6 Å². The van der Waals surface area contributed by atoms with Crippen molar-refractivity contribution in [1.29, 1.82) is 0 Å². The van der Waals surface area contributed by atoms with E-state index < -0.39 is 6.04 Å². The second-order valence-electron chi connectivity index (χ2n) is 9.71. The molecule has 2 amide bonds. The molecule has 1 aliphatic carbocycles. The van der Waals surface area contributed by atoms with Crippen LogP contribution in [0.15, 0.2) is 83.8 Å². The van der Waals surface area contributed by atoms with Crippen LogP contribution in [0.1, 0.15) is 49.7 Å². The summed E-state index contributed by atoms with van der Waals surface area (Å²) in [5.74, 6) is -0.187. The molecule has 0 unspecified atom stereocenters. The monoisotopic (exact) mass is 552 g/mol. The molecular weight excluding hydrogens is 519 g/mol. The molecule has 1 N–H and O–H groups in total. The SMILES string of the molecule is O=C(NC1CCCCC1)[C@H](Cc1ccccc1)N(Cc1ccccc1F)C(=O)CCSc1ccc(Cl)cc1. The van der Waals surface area contributed by atoms with Gasteiger partial charge in [0.25, 0.3) is 0 Å². The highest BCUT2D eigenvalue weighted by Gasteiger charge is 2.32. The highest BCUT2D eigenvalue weighted by Crippen LogP contribution is 2.24. The molecule has 0 heterocycles. The van der Waals surface area contributed by atoms with Gasteiger partial charge in [-0.1, -0.05) is 79.4 Å². The molecule has 4 nitrogen and oxygen atoms in total. The molecule has 7 heteroatoms. The number of nitrogens with zero attached hydrogens (tertiary/aromatic N) is 1. The number of benzene rings is 3. The van der Waals surface area contributed by atoms with Crippen LogP contribution in [0.4, 0.5) is 4.39 Å². The first-order valence-electron chi connectivity index (χ1n) is 13.2. The van der Waals surface area contributed by atoms with E-state index >= 15 is 0 Å². The Balaban J connectivity index is 1.56. The minimum Gasteiger partial charge on any atom is -0.352 e. The minimum absolute atomic E-state index is 0.0344. The summed E-state index contributed by atoms with van der Waals surface area (Å²) in [5.41, 5.74) is 1.35. The van der Waals surface area contributed by atoms with Crippen LogP contribution in [0.25, 0.3) is 0 Å². The Bertz CT molecular complexity index is 1190. The van der Waals surface area contributed by atoms with Gasteiger partial charge < -0.3 is 10.2 Å². The van der Waals surface area contributed by atoms with Crippen LogP contribution >= 0.6 is 23.4 Å². The Hall–Kier alpha value is -2.83. The van der Waals surface area contributed by atoms with Crippen molar-refractivity contribution in [3.63, 3.8) is 0 Å². The Morgan fingerprint density at radius 1 is 0.947 bits per heavy atom. The van der Waals surface area contributed by atoms with Crippen LogP contribution in [0, 0.1) is 5.82 Å². The number of thioether (sulfide) groups is 1. The quantitative estimate of drug-likeness (QED) is 0.259. The molecule has 0 spiro atoms. The molecule has 1 saturated carbocycles. The molecule has 0 radical (unpaired) electrons. The lowest BCUT2D eigenvalue weighted by Crippen LogP contribution is -2.53. The van der Waals surface area contributed by atoms with Gasteiger partial charge in [0.15, 0.2) is 0 Å². The Labute approximate surface area is 234 Å². The lowest BCUT2D eigenvalue weighted by molar-refractivity contribution is -0.141. The van der Waals surface area contributed by atoms with E-state index in [9.17, 15) is 14.0 Å². The average molecular weight is 553 g/mol. The van der Waals surface area contributed by atoms with Gasteiger partial charge in [-0.2, -0.15) is 0 Å². The lowest BCUT2D eigenvalue weighted by atomic mass is 9.94. The van der Waals surface area contributed by atoms with Crippen molar-refractivity contribution in [1.82, 2.24) is 10.2 Å². The Morgan fingerprint density at radius 3 is 2.34 bits per heavy atom. The topological polar surface area (TPSA) is 49.4 Å². The third kappa shape index (κ3) is 8.34. The van der Waals surface area contributed by atoms with Gasteiger partial charge >= 0.3 is 0 Å². The number of hydrogen-bond acceptors (Lipinski definition) is 3. The van der Waals surface area contributed by atoms with Gasteiger partial charge in [-0.25, -0.2) is 4.39 Å². The summed E-state index contributed by atoms with van der Waals surface area (Å²) in [5, 5.41) is 3.88. The molecule has 3 aromatic rings. The minimum atomic E-state index is -0.744. The van der Waals surface area contributed by atoms with E-state index in [2.05, 4.69) is 5.32 Å². The Kier molecular flexibility index (Phi) is 10.6. The standard InChI is InChI=1S/C31H34ClFN2O2S/c32-25-15-17-27(18-16-25)38-20-19-30(36)35(22-24-11-7-8-14-28(24)33)29(21-23-9-3-1-4-10-23)31(37)34-26-12-5-2-6-13-26/h1,3-4,7-11,14-18,26,29H,2,5-6,12-13,19-22H2,(H,34,37)/t29-/m0/s1. The summed E-state index contributed by atoms with van der Waals surface area (Å²) in [7, 11) is 0. The van der Waals surface area contributed by atoms with Crippen molar-refractivity contribution >= 4 is 35.2 Å². The third-order valence-corrected chi connectivity index (χ3v) is 8.19. The van der Waals surface area contributed by atoms with Gasteiger partial charge in [-0.05, 0) is 48.7 Å². The van der Waals surface area contributed by atoms with Crippen LogP contribution < -0.4 is 5.32 Å². The van der Waals surface area contributed by atoms with Crippen LogP contribution in [-0.4, -0.2) is 34.6 Å². The van der Waals surface area contributed by atoms with Crippen LogP contribution in [0.5, 0.6) is 0 Å². The molecule has 1 atom stereocenters. The highest BCUT2D eigenvalue weighted by atomic mass is 35.5. The zero-order valence-corrected chi connectivity index (χ0v) is 23.0. The van der Waals surface area contributed by atoms with E-state index in [-0.39, 0.29) is 36.6 Å². The number of rotatable bonds is 11. The number of amides is 2. The molecule has 3 aromatic carbocycles. The molecule has 0 bridgehead atoms. The predicted molar refractivity (Wildman–Crippen MR) is 153 cm³/mol. The summed E-state index contributed by atoms with van der Waals surface area (Å²) in [6.07, 6.45) is 5.85. The van der Waals surface area contributed by atoms with Crippen molar-refractivity contribution in [2.24, 2.45) is 0 Å². The van der Waals surface area contributed by atoms with Gasteiger partial charge in [-0.3, -0.25) is 9.59 Å². The average Bonchev–Trinajstić information content (AvgIpc) is 2.93. The lowest BCUT2D eigenvalue weighted by Gasteiger charge is -2.33. The van der Waals surface area contributed by atoms with Crippen LogP contribution in [0.3, 0.4) is 0 Å². The van der Waals surface area contributed by atoms with Crippen LogP contribution in [0.2, 0.25) is 5.02 Å². The van der Waals surface area contributed by atoms with Crippen molar-refractivity contribution in [3.8, 4) is 0 Å². The first-order valence-corrected chi connectivity index (χ1v) is 14.6. The van der Waals surface area contributed by atoms with Gasteiger partial charge in [0.2, 0.25) is 11.8 Å². The van der Waals surface area contributed by atoms with E-state index in [0.717, 1.165) is 36.1 Å². The van der Waals surface area contributed by atoms with Crippen molar-refractivity contribution < 1.29 is 14.0 Å².